The van der Waals surface area contributed by atoms with Crippen molar-refractivity contribution in [2.75, 3.05) is 19.8 Å². The van der Waals surface area contributed by atoms with Crippen LogP contribution in [0, 0.1) is 0 Å². The third-order valence-corrected chi connectivity index (χ3v) is 4.01. The second-order valence-electron chi connectivity index (χ2n) is 5.61. The van der Waals surface area contributed by atoms with Gasteiger partial charge in [0.15, 0.2) is 0 Å². The Morgan fingerprint density at radius 3 is 2.26 bits per heavy atom. The number of esters is 1. The lowest BCUT2D eigenvalue weighted by atomic mass is 9.93. The molecule has 0 heterocycles. The van der Waals surface area contributed by atoms with E-state index >= 15 is 0 Å². The molecule has 0 saturated heterocycles. The van der Waals surface area contributed by atoms with Crippen molar-refractivity contribution in [3.05, 3.63) is 35.4 Å². The number of rotatable bonds is 5. The van der Waals surface area contributed by atoms with Gasteiger partial charge in [-0.05, 0) is 26.3 Å². The van der Waals surface area contributed by atoms with Crippen LogP contribution in [0.3, 0.4) is 0 Å². The van der Waals surface area contributed by atoms with E-state index in [2.05, 4.69) is 5.43 Å². The van der Waals surface area contributed by atoms with E-state index in [1.165, 1.54) is 0 Å². The number of ether oxygens (including phenoxy) is 3. The number of nitrogens with zero attached hydrogens (tertiary/aromatic N) is 1. The third-order valence-electron chi connectivity index (χ3n) is 4.01. The van der Waals surface area contributed by atoms with Crippen molar-refractivity contribution in [2.24, 2.45) is 0 Å². The van der Waals surface area contributed by atoms with E-state index in [1.807, 2.05) is 0 Å². The fourth-order valence-electron chi connectivity index (χ4n) is 2.90. The van der Waals surface area contributed by atoms with Gasteiger partial charge in [0.05, 0.1) is 19.8 Å². The number of benzene rings is 1. The second-order valence-corrected chi connectivity index (χ2v) is 5.61. The topological polar surface area (TPSA) is 111 Å². The van der Waals surface area contributed by atoms with E-state index in [4.69, 9.17) is 14.2 Å². The van der Waals surface area contributed by atoms with Gasteiger partial charge in [0.2, 0.25) is 11.3 Å². The average Bonchev–Trinajstić information content (AvgIpc) is 2.94. The van der Waals surface area contributed by atoms with Crippen LogP contribution in [0.1, 0.15) is 36.7 Å². The molecule has 9 heteroatoms. The molecule has 27 heavy (non-hydrogen) atoms. The van der Waals surface area contributed by atoms with Crippen LogP contribution >= 0.6 is 0 Å². The molecule has 1 aliphatic carbocycles. The van der Waals surface area contributed by atoms with Crippen LogP contribution in [0.4, 0.5) is 9.59 Å². The third kappa shape index (κ3) is 3.71. The van der Waals surface area contributed by atoms with Gasteiger partial charge < -0.3 is 14.2 Å². The Hall–Kier alpha value is -3.10. The fourth-order valence-corrected chi connectivity index (χ4v) is 2.90. The molecule has 0 radical (unpaired) electrons. The molecule has 0 fully saturated rings. The lowest BCUT2D eigenvalue weighted by Crippen LogP contribution is -2.67. The highest BCUT2D eigenvalue weighted by atomic mass is 16.6. The number of ketones is 1. The fraction of sp³-hybridized carbons (Fsp3) is 0.444. The summed E-state index contributed by atoms with van der Waals surface area (Å²) in [5.41, 5.74) is 0.874. The largest absolute Gasteiger partial charge is 0.464 e. The van der Waals surface area contributed by atoms with Gasteiger partial charge in [0, 0.05) is 12.0 Å². The van der Waals surface area contributed by atoms with Gasteiger partial charge in [-0.1, -0.05) is 24.3 Å². The van der Waals surface area contributed by atoms with Gasteiger partial charge in [-0.3, -0.25) is 4.79 Å². The van der Waals surface area contributed by atoms with E-state index in [9.17, 15) is 19.2 Å². The zero-order valence-electron chi connectivity index (χ0n) is 15.4. The number of Topliss-reactive ketones (excluding diaryl/α,β-unsaturated/α-hetero) is 1. The summed E-state index contributed by atoms with van der Waals surface area (Å²) >= 11 is 0. The van der Waals surface area contributed by atoms with Crippen molar-refractivity contribution in [3.63, 3.8) is 0 Å². The van der Waals surface area contributed by atoms with Crippen molar-refractivity contribution < 1.29 is 33.4 Å². The summed E-state index contributed by atoms with van der Waals surface area (Å²) < 4.78 is 14.8. The molecule has 0 aliphatic heterocycles. The van der Waals surface area contributed by atoms with Gasteiger partial charge in [-0.2, -0.15) is 5.01 Å². The number of carbonyl (C=O) groups is 4. The minimum Gasteiger partial charge on any atom is -0.464 e. The molecular weight excluding hydrogens is 356 g/mol. The van der Waals surface area contributed by atoms with Crippen LogP contribution in [0.15, 0.2) is 24.3 Å². The molecule has 9 nitrogen and oxygen atoms in total. The summed E-state index contributed by atoms with van der Waals surface area (Å²) in [5.74, 6) is -1.63. The van der Waals surface area contributed by atoms with Crippen molar-refractivity contribution in [1.82, 2.24) is 10.4 Å². The Balaban J connectivity index is 2.55. The Kier molecular flexibility index (Phi) is 6.38. The van der Waals surface area contributed by atoms with E-state index in [0.29, 0.717) is 10.6 Å². The van der Waals surface area contributed by atoms with Gasteiger partial charge in [0.1, 0.15) is 0 Å². The molecule has 0 aromatic heterocycles. The molecular formula is C18H22N2O7. The molecule has 1 N–H and O–H groups in total. The van der Waals surface area contributed by atoms with Crippen LogP contribution in [0.25, 0.3) is 0 Å². The zero-order valence-corrected chi connectivity index (χ0v) is 15.4. The highest BCUT2D eigenvalue weighted by Gasteiger charge is 2.60. The molecule has 1 aromatic rings. The van der Waals surface area contributed by atoms with Gasteiger partial charge in [0.25, 0.3) is 0 Å². The first-order chi connectivity index (χ1) is 12.9. The standard InChI is InChI=1S/C18H22N2O7/c1-4-25-15(22)18(11-12-9-7-8-10-13(12)14(18)21)20(17(24)27-6-3)19-16(23)26-5-2/h7-10H,4-6,11H2,1-3H3,(H,19,23)/t18-/m0/s1. The number of nitrogens with one attached hydrogen (secondary N) is 1. The molecule has 146 valence electrons. The van der Waals surface area contributed by atoms with Crippen LogP contribution in [0.2, 0.25) is 0 Å². The number of carbonyl (C=O) groups excluding carboxylic acids is 4. The number of fused-ring (bicyclic) bond motifs is 1. The molecule has 0 spiro atoms. The highest BCUT2D eigenvalue weighted by molar-refractivity contribution is 6.21. The first-order valence-corrected chi connectivity index (χ1v) is 8.62. The van der Waals surface area contributed by atoms with Gasteiger partial charge in [-0.25, -0.2) is 19.8 Å². The number of hydrazine groups is 1. The molecule has 1 aromatic carbocycles. The quantitative estimate of drug-likeness (QED) is 0.360. The molecule has 2 rings (SSSR count). The van der Waals surface area contributed by atoms with E-state index in [-0.39, 0.29) is 31.8 Å². The summed E-state index contributed by atoms with van der Waals surface area (Å²) in [5, 5.41) is 0.578. The predicted octanol–water partition coefficient (Wildman–Crippen LogP) is 1.85. The lowest BCUT2D eigenvalue weighted by Gasteiger charge is -2.35. The maximum absolute atomic E-state index is 13.2. The SMILES string of the molecule is CCOC(=O)NN(C(=O)OCC)[C@@]1(C(=O)OCC)Cc2ccccc2C1=O. The first-order valence-electron chi connectivity index (χ1n) is 8.62. The lowest BCUT2D eigenvalue weighted by molar-refractivity contribution is -0.154. The van der Waals surface area contributed by atoms with Gasteiger partial charge in [-0.15, -0.1) is 0 Å². The van der Waals surface area contributed by atoms with Crippen molar-refractivity contribution in [3.8, 4) is 0 Å². The molecule has 0 saturated carbocycles. The molecule has 2 amide bonds. The van der Waals surface area contributed by atoms with Crippen molar-refractivity contribution in [2.45, 2.75) is 32.7 Å². The molecule has 1 atom stereocenters. The van der Waals surface area contributed by atoms with E-state index < -0.39 is 29.5 Å². The Morgan fingerprint density at radius 2 is 1.67 bits per heavy atom. The van der Waals surface area contributed by atoms with E-state index in [0.717, 1.165) is 0 Å². The Labute approximate surface area is 156 Å². The maximum Gasteiger partial charge on any atom is 0.430 e. The first kappa shape index (κ1) is 20.2. The van der Waals surface area contributed by atoms with Crippen LogP contribution < -0.4 is 5.43 Å². The van der Waals surface area contributed by atoms with Crippen LogP contribution in [0.5, 0.6) is 0 Å². The number of hydrogen-bond acceptors (Lipinski definition) is 7. The monoisotopic (exact) mass is 378 g/mol. The summed E-state index contributed by atoms with van der Waals surface area (Å²) in [6, 6.07) is 6.57. The average molecular weight is 378 g/mol. The minimum absolute atomic E-state index is 0.0136. The highest BCUT2D eigenvalue weighted by Crippen LogP contribution is 2.35. The molecule has 0 unspecified atom stereocenters. The van der Waals surface area contributed by atoms with E-state index in [1.54, 1.807) is 45.0 Å². The maximum atomic E-state index is 13.2. The molecule has 1 aliphatic rings. The second kappa shape index (κ2) is 8.52. The summed E-state index contributed by atoms with van der Waals surface area (Å²) in [4.78, 5) is 50.6. The van der Waals surface area contributed by atoms with Crippen LogP contribution in [-0.2, 0) is 25.4 Å². The predicted molar refractivity (Wildman–Crippen MR) is 92.9 cm³/mol. The molecule has 0 bridgehead atoms. The van der Waals surface area contributed by atoms with Crippen molar-refractivity contribution in [1.29, 1.82) is 0 Å². The Morgan fingerprint density at radius 1 is 1.04 bits per heavy atom. The summed E-state index contributed by atoms with van der Waals surface area (Å²) in [6.07, 6.45) is -2.23. The smallest absolute Gasteiger partial charge is 0.430 e. The van der Waals surface area contributed by atoms with Crippen molar-refractivity contribution >= 4 is 23.9 Å². The summed E-state index contributed by atoms with van der Waals surface area (Å²) in [7, 11) is 0. The summed E-state index contributed by atoms with van der Waals surface area (Å²) in [6.45, 7) is 4.70. The van der Waals surface area contributed by atoms with Crippen LogP contribution in [-0.4, -0.2) is 54.3 Å². The van der Waals surface area contributed by atoms with Gasteiger partial charge >= 0.3 is 18.2 Å². The Bertz CT molecular complexity index is 749. The number of amides is 2. The number of hydrogen-bond donors (Lipinski definition) is 1. The zero-order chi connectivity index (χ0) is 20.0. The normalized spacial score (nSPS) is 17.7. The minimum atomic E-state index is -2.11.